The molecule has 0 bridgehead atoms. The van der Waals surface area contributed by atoms with Crippen molar-refractivity contribution in [2.75, 3.05) is 26.2 Å². The molecule has 0 atom stereocenters. The van der Waals surface area contributed by atoms with Crippen LogP contribution in [0.15, 0.2) is 60.7 Å². The summed E-state index contributed by atoms with van der Waals surface area (Å²) in [6, 6.07) is 22.8. The highest BCUT2D eigenvalue weighted by molar-refractivity contribution is 5.66. The molecule has 0 amide bonds. The molecule has 1 saturated heterocycles. The molecule has 2 aliphatic rings. The minimum Gasteiger partial charge on any atom is -0.481 e. The summed E-state index contributed by atoms with van der Waals surface area (Å²) in [5, 5.41) is 21.6. The number of rotatable bonds is 8. The molecule has 1 aliphatic heterocycles. The van der Waals surface area contributed by atoms with Crippen molar-refractivity contribution in [3.05, 3.63) is 71.8 Å². The molecule has 5 nitrogen and oxygen atoms in total. The number of likely N-dealkylation sites (tertiary alicyclic amines) is 1. The highest BCUT2D eigenvalue weighted by atomic mass is 16.4. The van der Waals surface area contributed by atoms with Crippen LogP contribution in [0.25, 0.3) is 0 Å². The van der Waals surface area contributed by atoms with Gasteiger partial charge in [-0.3, -0.25) is 4.79 Å². The van der Waals surface area contributed by atoms with Gasteiger partial charge in [0.15, 0.2) is 0 Å². The zero-order valence-corrected chi connectivity index (χ0v) is 18.2. The van der Waals surface area contributed by atoms with Crippen molar-refractivity contribution in [1.29, 1.82) is 5.26 Å². The Kier molecular flexibility index (Phi) is 8.63. The van der Waals surface area contributed by atoms with Crippen LogP contribution in [0.4, 0.5) is 0 Å². The number of benzene rings is 2. The van der Waals surface area contributed by atoms with Crippen molar-refractivity contribution in [2.24, 2.45) is 5.41 Å². The molecule has 31 heavy (non-hydrogen) atoms. The van der Waals surface area contributed by atoms with Crippen LogP contribution in [-0.2, 0) is 11.2 Å². The van der Waals surface area contributed by atoms with E-state index < -0.39 is 5.97 Å². The molecule has 2 aromatic carbocycles. The van der Waals surface area contributed by atoms with E-state index in [0.29, 0.717) is 18.2 Å². The lowest BCUT2D eigenvalue weighted by Gasteiger charge is -2.42. The van der Waals surface area contributed by atoms with Crippen LogP contribution in [0, 0.1) is 16.7 Å². The molecule has 0 aromatic heterocycles. The molecule has 0 spiro atoms. The number of hydrogen-bond acceptors (Lipinski definition) is 4. The number of carboxylic acid groups (broad SMARTS) is 1. The minimum atomic E-state index is -0.718. The lowest BCUT2D eigenvalue weighted by Crippen LogP contribution is -2.47. The molecule has 0 unspecified atom stereocenters. The lowest BCUT2D eigenvalue weighted by atomic mass is 9.73. The van der Waals surface area contributed by atoms with E-state index >= 15 is 0 Å². The van der Waals surface area contributed by atoms with Crippen LogP contribution >= 0.6 is 0 Å². The summed E-state index contributed by atoms with van der Waals surface area (Å²) in [6.07, 6.45) is 6.00. The Balaban J connectivity index is 0.000000391. The molecule has 2 fully saturated rings. The van der Waals surface area contributed by atoms with E-state index in [2.05, 4.69) is 28.4 Å². The van der Waals surface area contributed by atoms with Gasteiger partial charge < -0.3 is 15.3 Å². The molecule has 1 aliphatic carbocycles. The number of nitrogens with zero attached hydrogens (tertiary/aromatic N) is 2. The molecule has 2 aromatic rings. The second-order valence-electron chi connectivity index (χ2n) is 8.78. The van der Waals surface area contributed by atoms with Gasteiger partial charge in [-0.2, -0.15) is 5.26 Å². The topological polar surface area (TPSA) is 76.4 Å². The Morgan fingerprint density at radius 3 is 2.13 bits per heavy atom. The Hall–Kier alpha value is -2.68. The Labute approximate surface area is 185 Å². The maximum atomic E-state index is 10.8. The fourth-order valence-electron chi connectivity index (χ4n) is 4.08. The van der Waals surface area contributed by atoms with Crippen molar-refractivity contribution < 1.29 is 9.90 Å². The van der Waals surface area contributed by atoms with Crippen molar-refractivity contribution in [3.63, 3.8) is 0 Å². The van der Waals surface area contributed by atoms with E-state index in [1.165, 1.54) is 18.4 Å². The van der Waals surface area contributed by atoms with Crippen LogP contribution in [-0.4, -0.2) is 48.2 Å². The summed E-state index contributed by atoms with van der Waals surface area (Å²) >= 11 is 0. The smallest absolute Gasteiger partial charge is 0.304 e. The highest BCUT2D eigenvalue weighted by Gasteiger charge is 2.36. The number of carbonyl (C=O) groups is 1. The predicted octanol–water partition coefficient (Wildman–Crippen LogP) is 4.10. The quantitative estimate of drug-likeness (QED) is 0.674. The molecule has 2 N–H and O–H groups in total. The maximum absolute atomic E-state index is 10.8. The fourth-order valence-corrected chi connectivity index (χ4v) is 4.08. The third-order valence-corrected chi connectivity index (χ3v) is 6.23. The number of piperidine rings is 1. The summed E-state index contributed by atoms with van der Waals surface area (Å²) < 4.78 is 0. The maximum Gasteiger partial charge on any atom is 0.304 e. The first-order valence-corrected chi connectivity index (χ1v) is 11.3. The minimum absolute atomic E-state index is 0.225. The molecule has 164 valence electrons. The monoisotopic (exact) mass is 419 g/mol. The Morgan fingerprint density at radius 2 is 1.65 bits per heavy atom. The van der Waals surface area contributed by atoms with E-state index in [-0.39, 0.29) is 11.8 Å². The predicted molar refractivity (Wildman–Crippen MR) is 123 cm³/mol. The molecule has 0 radical (unpaired) electrons. The zero-order valence-electron chi connectivity index (χ0n) is 18.2. The van der Waals surface area contributed by atoms with E-state index in [1.807, 2.05) is 48.5 Å². The summed E-state index contributed by atoms with van der Waals surface area (Å²) in [5.41, 5.74) is 2.23. The van der Waals surface area contributed by atoms with E-state index in [1.54, 1.807) is 0 Å². The molecule has 5 heteroatoms. The van der Waals surface area contributed by atoms with Crippen LogP contribution < -0.4 is 5.32 Å². The second kappa shape index (κ2) is 11.6. The van der Waals surface area contributed by atoms with E-state index in [0.717, 1.165) is 38.9 Å². The van der Waals surface area contributed by atoms with Gasteiger partial charge in [0.2, 0.25) is 0 Å². The number of hydrogen-bond donors (Lipinski definition) is 2. The van der Waals surface area contributed by atoms with Crippen LogP contribution in [0.2, 0.25) is 0 Å². The van der Waals surface area contributed by atoms with E-state index in [4.69, 9.17) is 10.4 Å². The first kappa shape index (κ1) is 23.0. The Morgan fingerprint density at radius 1 is 1.06 bits per heavy atom. The SMILES string of the molecule is N#Cc1ccc(CC2(CNC3CC3)CCN(CCC(=O)O)CC2)cc1.c1ccccc1. The lowest BCUT2D eigenvalue weighted by molar-refractivity contribution is -0.137. The molecule has 1 heterocycles. The van der Waals surface area contributed by atoms with Gasteiger partial charge in [0.05, 0.1) is 18.1 Å². The third-order valence-electron chi connectivity index (χ3n) is 6.23. The highest BCUT2D eigenvalue weighted by Crippen LogP contribution is 2.36. The number of aliphatic carboxylic acids is 1. The van der Waals surface area contributed by atoms with Gasteiger partial charge in [0.1, 0.15) is 0 Å². The third kappa shape index (κ3) is 8.16. The van der Waals surface area contributed by atoms with Gasteiger partial charge >= 0.3 is 5.97 Å². The summed E-state index contributed by atoms with van der Waals surface area (Å²) in [6.45, 7) is 3.62. The van der Waals surface area contributed by atoms with Crippen LogP contribution in [0.5, 0.6) is 0 Å². The van der Waals surface area contributed by atoms with E-state index in [9.17, 15) is 4.79 Å². The van der Waals surface area contributed by atoms with Crippen LogP contribution in [0.3, 0.4) is 0 Å². The Bertz CT molecular complexity index is 806. The summed E-state index contributed by atoms with van der Waals surface area (Å²) in [5.74, 6) is -0.718. The normalized spacial score (nSPS) is 17.8. The zero-order chi connectivity index (χ0) is 21.9. The number of carboxylic acids is 1. The number of nitrogens with one attached hydrogen (secondary N) is 1. The van der Waals surface area contributed by atoms with Crippen LogP contribution in [0.1, 0.15) is 43.2 Å². The molecular formula is C26H33N3O2. The van der Waals surface area contributed by atoms with Gasteiger partial charge in [-0.25, -0.2) is 0 Å². The fraction of sp³-hybridized carbons (Fsp3) is 0.462. The van der Waals surface area contributed by atoms with Crippen molar-refractivity contribution in [2.45, 2.75) is 44.6 Å². The average Bonchev–Trinajstić information content (AvgIpc) is 3.64. The van der Waals surface area contributed by atoms with Gasteiger partial charge in [0, 0.05) is 19.1 Å². The average molecular weight is 420 g/mol. The second-order valence-corrected chi connectivity index (χ2v) is 8.78. The summed E-state index contributed by atoms with van der Waals surface area (Å²) in [4.78, 5) is 13.1. The van der Waals surface area contributed by atoms with Crippen molar-refractivity contribution in [1.82, 2.24) is 10.2 Å². The number of nitriles is 1. The van der Waals surface area contributed by atoms with Crippen molar-refractivity contribution >= 4 is 5.97 Å². The molecular weight excluding hydrogens is 386 g/mol. The van der Waals surface area contributed by atoms with Crippen molar-refractivity contribution in [3.8, 4) is 6.07 Å². The largest absolute Gasteiger partial charge is 0.481 e. The van der Waals surface area contributed by atoms with Gasteiger partial charge in [-0.05, 0) is 68.3 Å². The first-order valence-electron chi connectivity index (χ1n) is 11.3. The molecule has 4 rings (SSSR count). The first-order chi connectivity index (χ1) is 15.1. The van der Waals surface area contributed by atoms with Gasteiger partial charge in [-0.15, -0.1) is 0 Å². The standard InChI is InChI=1S/C20H27N3O2.C6H6/c21-14-17-3-1-16(2-4-17)13-20(15-22-18-5-6-18)8-11-23(12-9-20)10-7-19(24)25;1-2-4-6-5-3-1/h1-4,18,22H,5-13,15H2,(H,24,25);1-6H. The van der Waals surface area contributed by atoms with Gasteiger partial charge in [0.25, 0.3) is 0 Å². The summed E-state index contributed by atoms with van der Waals surface area (Å²) in [7, 11) is 0. The van der Waals surface area contributed by atoms with Gasteiger partial charge in [-0.1, -0.05) is 48.5 Å². The molecule has 1 saturated carbocycles.